The molecule has 0 radical (unpaired) electrons. The molecule has 0 saturated carbocycles. The standard InChI is InChI=1S/C12H17BrN2/c13-11-5-1-2-6-12(11)15-9-4-3-7-14-8-10-15/h1-2,5-6,14H,3-4,7-10H2. The first kappa shape index (κ1) is 11.0. The minimum absolute atomic E-state index is 1.08. The van der Waals surface area contributed by atoms with Gasteiger partial charge in [-0.2, -0.15) is 0 Å². The number of nitrogens with zero attached hydrogens (tertiary/aromatic N) is 1. The molecule has 0 atom stereocenters. The third-order valence-corrected chi connectivity index (χ3v) is 3.45. The first-order valence-corrected chi connectivity index (χ1v) is 6.37. The fraction of sp³-hybridized carbons (Fsp3) is 0.500. The summed E-state index contributed by atoms with van der Waals surface area (Å²) in [6.45, 7) is 4.53. The highest BCUT2D eigenvalue weighted by molar-refractivity contribution is 9.10. The molecule has 2 rings (SSSR count). The fourth-order valence-corrected chi connectivity index (χ4v) is 2.49. The van der Waals surface area contributed by atoms with Gasteiger partial charge in [-0.1, -0.05) is 12.1 Å². The van der Waals surface area contributed by atoms with Crippen molar-refractivity contribution in [1.29, 1.82) is 0 Å². The topological polar surface area (TPSA) is 15.3 Å². The van der Waals surface area contributed by atoms with Gasteiger partial charge in [0.1, 0.15) is 0 Å². The van der Waals surface area contributed by atoms with Crippen LogP contribution < -0.4 is 10.2 Å². The van der Waals surface area contributed by atoms with E-state index >= 15 is 0 Å². The lowest BCUT2D eigenvalue weighted by Gasteiger charge is -2.28. The van der Waals surface area contributed by atoms with Crippen molar-refractivity contribution >= 4 is 21.6 Å². The molecule has 1 saturated heterocycles. The molecule has 0 bridgehead atoms. The van der Waals surface area contributed by atoms with E-state index in [-0.39, 0.29) is 0 Å². The molecular weight excluding hydrogens is 252 g/mol. The molecule has 15 heavy (non-hydrogen) atoms. The molecule has 1 aliphatic rings. The van der Waals surface area contributed by atoms with Crippen LogP contribution in [-0.2, 0) is 0 Å². The summed E-state index contributed by atoms with van der Waals surface area (Å²) >= 11 is 3.61. The van der Waals surface area contributed by atoms with Crippen molar-refractivity contribution in [2.45, 2.75) is 12.8 Å². The van der Waals surface area contributed by atoms with Crippen molar-refractivity contribution in [2.24, 2.45) is 0 Å². The van der Waals surface area contributed by atoms with Crippen LogP contribution in [0.2, 0.25) is 0 Å². The highest BCUT2D eigenvalue weighted by atomic mass is 79.9. The Morgan fingerprint density at radius 3 is 2.80 bits per heavy atom. The third kappa shape index (κ3) is 2.95. The molecular formula is C12H17BrN2. The van der Waals surface area contributed by atoms with Gasteiger partial charge in [0.05, 0.1) is 5.69 Å². The Morgan fingerprint density at radius 2 is 1.93 bits per heavy atom. The maximum atomic E-state index is 3.61. The third-order valence-electron chi connectivity index (χ3n) is 2.78. The molecule has 1 aliphatic heterocycles. The number of anilines is 1. The van der Waals surface area contributed by atoms with Crippen molar-refractivity contribution < 1.29 is 0 Å². The van der Waals surface area contributed by atoms with E-state index in [0.717, 1.165) is 13.1 Å². The zero-order valence-electron chi connectivity index (χ0n) is 8.88. The average Bonchev–Trinajstić information content (AvgIpc) is 2.19. The molecule has 0 aliphatic carbocycles. The normalized spacial score (nSPS) is 18.3. The van der Waals surface area contributed by atoms with E-state index in [9.17, 15) is 0 Å². The van der Waals surface area contributed by atoms with Crippen molar-refractivity contribution in [3.63, 3.8) is 0 Å². The van der Waals surface area contributed by atoms with E-state index in [1.165, 1.54) is 36.1 Å². The smallest absolute Gasteiger partial charge is 0.0511 e. The van der Waals surface area contributed by atoms with E-state index in [4.69, 9.17) is 0 Å². The lowest BCUT2D eigenvalue weighted by Crippen LogP contribution is -2.36. The van der Waals surface area contributed by atoms with E-state index in [1.54, 1.807) is 0 Å². The molecule has 0 spiro atoms. The van der Waals surface area contributed by atoms with Crippen LogP contribution in [0.15, 0.2) is 28.7 Å². The van der Waals surface area contributed by atoms with E-state index in [0.29, 0.717) is 0 Å². The quantitative estimate of drug-likeness (QED) is 0.843. The Bertz CT molecular complexity index is 306. The lowest BCUT2D eigenvalue weighted by atomic mass is 10.2. The molecule has 1 N–H and O–H groups in total. The molecule has 1 aromatic carbocycles. The summed E-state index contributed by atoms with van der Waals surface area (Å²) in [6.07, 6.45) is 2.55. The second-order valence-electron chi connectivity index (χ2n) is 3.90. The number of hydrogen-bond donors (Lipinski definition) is 1. The highest BCUT2D eigenvalue weighted by Crippen LogP contribution is 2.25. The summed E-state index contributed by atoms with van der Waals surface area (Å²) in [5, 5.41) is 3.45. The van der Waals surface area contributed by atoms with Gasteiger partial charge < -0.3 is 10.2 Å². The molecule has 0 unspecified atom stereocenters. The van der Waals surface area contributed by atoms with E-state index in [2.05, 4.69) is 50.4 Å². The van der Waals surface area contributed by atoms with Crippen LogP contribution in [0.5, 0.6) is 0 Å². The monoisotopic (exact) mass is 268 g/mol. The second kappa shape index (κ2) is 5.52. The number of halogens is 1. The Balaban J connectivity index is 2.10. The Kier molecular flexibility index (Phi) is 4.03. The second-order valence-corrected chi connectivity index (χ2v) is 4.75. The van der Waals surface area contributed by atoms with E-state index in [1.807, 2.05) is 0 Å². The van der Waals surface area contributed by atoms with Crippen molar-refractivity contribution in [1.82, 2.24) is 5.32 Å². The number of rotatable bonds is 1. The van der Waals surface area contributed by atoms with Crippen molar-refractivity contribution in [3.8, 4) is 0 Å². The molecule has 1 fully saturated rings. The summed E-state index contributed by atoms with van der Waals surface area (Å²) in [5.41, 5.74) is 1.32. The summed E-state index contributed by atoms with van der Waals surface area (Å²) in [7, 11) is 0. The van der Waals surface area contributed by atoms with E-state index < -0.39 is 0 Å². The Labute approximate surface area is 99.8 Å². The Hall–Kier alpha value is -0.540. The fourth-order valence-electron chi connectivity index (χ4n) is 1.95. The average molecular weight is 269 g/mol. The van der Waals surface area contributed by atoms with Crippen molar-refractivity contribution in [2.75, 3.05) is 31.1 Å². The summed E-state index contributed by atoms with van der Waals surface area (Å²) in [6, 6.07) is 8.47. The minimum Gasteiger partial charge on any atom is -0.369 e. The lowest BCUT2D eigenvalue weighted by molar-refractivity contribution is 0.567. The predicted molar refractivity (Wildman–Crippen MR) is 68.5 cm³/mol. The van der Waals surface area contributed by atoms with Crippen LogP contribution in [0.25, 0.3) is 0 Å². The zero-order valence-corrected chi connectivity index (χ0v) is 10.5. The number of para-hydroxylation sites is 1. The SMILES string of the molecule is Brc1ccccc1N1CCCCNCC1. The molecule has 82 valence electrons. The predicted octanol–water partition coefficient (Wildman–Crippen LogP) is 2.64. The molecule has 0 aromatic heterocycles. The first-order valence-electron chi connectivity index (χ1n) is 5.58. The van der Waals surface area contributed by atoms with Gasteiger partial charge in [0.25, 0.3) is 0 Å². The zero-order chi connectivity index (χ0) is 10.5. The maximum absolute atomic E-state index is 3.61. The van der Waals surface area contributed by atoms with Crippen LogP contribution >= 0.6 is 15.9 Å². The molecule has 3 heteroatoms. The maximum Gasteiger partial charge on any atom is 0.0511 e. The minimum atomic E-state index is 1.08. The van der Waals surface area contributed by atoms with Crippen molar-refractivity contribution in [3.05, 3.63) is 28.7 Å². The molecule has 1 aromatic rings. The largest absolute Gasteiger partial charge is 0.369 e. The van der Waals surface area contributed by atoms with Gasteiger partial charge in [0.2, 0.25) is 0 Å². The number of benzene rings is 1. The van der Waals surface area contributed by atoms with Gasteiger partial charge in [-0.25, -0.2) is 0 Å². The highest BCUT2D eigenvalue weighted by Gasteiger charge is 2.10. The van der Waals surface area contributed by atoms with Crippen LogP contribution in [0.1, 0.15) is 12.8 Å². The van der Waals surface area contributed by atoms with Crippen LogP contribution in [-0.4, -0.2) is 26.2 Å². The molecule has 0 amide bonds. The van der Waals surface area contributed by atoms with Gasteiger partial charge in [-0.3, -0.25) is 0 Å². The van der Waals surface area contributed by atoms with Gasteiger partial charge in [-0.05, 0) is 47.4 Å². The van der Waals surface area contributed by atoms with Gasteiger partial charge >= 0.3 is 0 Å². The summed E-state index contributed by atoms with van der Waals surface area (Å²) in [4.78, 5) is 2.45. The number of hydrogen-bond acceptors (Lipinski definition) is 2. The number of nitrogens with one attached hydrogen (secondary N) is 1. The molecule has 2 nitrogen and oxygen atoms in total. The van der Waals surface area contributed by atoms with Gasteiger partial charge in [-0.15, -0.1) is 0 Å². The Morgan fingerprint density at radius 1 is 1.07 bits per heavy atom. The van der Waals surface area contributed by atoms with Crippen LogP contribution in [0.3, 0.4) is 0 Å². The summed E-state index contributed by atoms with van der Waals surface area (Å²) < 4.78 is 1.20. The van der Waals surface area contributed by atoms with Crippen LogP contribution in [0, 0.1) is 0 Å². The van der Waals surface area contributed by atoms with Crippen LogP contribution in [0.4, 0.5) is 5.69 Å². The first-order chi connectivity index (χ1) is 7.38. The summed E-state index contributed by atoms with van der Waals surface area (Å²) in [5.74, 6) is 0. The van der Waals surface area contributed by atoms with Gasteiger partial charge in [0.15, 0.2) is 0 Å². The molecule has 1 heterocycles. The van der Waals surface area contributed by atoms with Gasteiger partial charge in [0, 0.05) is 24.1 Å².